The van der Waals surface area contributed by atoms with Gasteiger partial charge in [-0.2, -0.15) is 0 Å². The van der Waals surface area contributed by atoms with Crippen LogP contribution in [-0.4, -0.2) is 49.8 Å². The molecule has 0 aliphatic heterocycles. The number of hydrogen-bond donors (Lipinski definition) is 0. The number of ether oxygens (including phenoxy) is 1. The quantitative estimate of drug-likeness (QED) is 0.0787. The first-order valence-electron chi connectivity index (χ1n) is 13.8. The van der Waals surface area contributed by atoms with Gasteiger partial charge in [0.2, 0.25) is 0 Å². The number of rotatable bonds is 11. The van der Waals surface area contributed by atoms with E-state index in [9.17, 15) is 9.59 Å². The Labute approximate surface area is 277 Å². The number of likely N-dealkylation sites (N-methyl/N-ethyl adjacent to an activating group) is 1. The van der Waals surface area contributed by atoms with Gasteiger partial charge in [0.1, 0.15) is 0 Å². The van der Waals surface area contributed by atoms with Crippen molar-refractivity contribution in [3.8, 4) is 0 Å². The van der Waals surface area contributed by atoms with E-state index >= 15 is 0 Å². The van der Waals surface area contributed by atoms with Gasteiger partial charge in [-0.3, -0.25) is 0 Å². The molecule has 43 heavy (non-hydrogen) atoms. The molecular formula is C36H40Br2NO3P. The predicted octanol–water partition coefficient (Wildman–Crippen LogP) is 2.95. The number of benzene rings is 4. The molecule has 4 aromatic carbocycles. The summed E-state index contributed by atoms with van der Waals surface area (Å²) in [6, 6.07) is 40.3. The number of nitrogens with zero attached hydrogens (tertiary/aromatic N) is 1. The van der Waals surface area contributed by atoms with Gasteiger partial charge < -0.3 is 17.0 Å². The van der Waals surface area contributed by atoms with Crippen molar-refractivity contribution >= 4 is 56.7 Å². The fourth-order valence-electron chi connectivity index (χ4n) is 5.72. The monoisotopic (exact) mass is 723 g/mol. The smallest absolute Gasteiger partial charge is 1.00 e. The molecule has 0 saturated heterocycles. The molecule has 0 radical (unpaired) electrons. The average molecular weight is 726 g/mol. The summed E-state index contributed by atoms with van der Waals surface area (Å²) in [6.07, 6.45) is 2.77. The van der Waals surface area contributed by atoms with Gasteiger partial charge in [-0.25, -0.2) is 0 Å². The number of allylic oxidation sites excluding steroid dienone is 1. The van der Waals surface area contributed by atoms with E-state index in [2.05, 4.69) is 98.1 Å². The van der Waals surface area contributed by atoms with Crippen LogP contribution < -0.4 is 38.2 Å². The summed E-state index contributed by atoms with van der Waals surface area (Å²) >= 11 is 0. The van der Waals surface area contributed by atoms with E-state index in [0.717, 1.165) is 11.5 Å². The van der Waals surface area contributed by atoms with E-state index in [0.29, 0.717) is 17.7 Å². The van der Waals surface area contributed by atoms with Crippen LogP contribution in [0.3, 0.4) is 0 Å². The topological polar surface area (TPSA) is 43.4 Å². The molecule has 4 rings (SSSR count). The van der Waals surface area contributed by atoms with Crippen molar-refractivity contribution in [3.05, 3.63) is 146 Å². The number of hydrogen-bond acceptors (Lipinski definition) is 3. The number of amides is 1. The van der Waals surface area contributed by atoms with Crippen LogP contribution in [0.4, 0.5) is 0 Å². The number of carbonyl (C=O) groups excluding carboxylic acids is 2. The van der Waals surface area contributed by atoms with E-state index in [1.807, 2.05) is 50.5 Å². The van der Waals surface area contributed by atoms with E-state index in [1.165, 1.54) is 15.9 Å². The molecule has 0 bridgehead atoms. The van der Waals surface area contributed by atoms with Crippen LogP contribution in [0.2, 0.25) is 0 Å². The molecule has 0 heterocycles. The van der Waals surface area contributed by atoms with Crippen LogP contribution in [0.1, 0.15) is 17.3 Å². The zero-order valence-electron chi connectivity index (χ0n) is 25.0. The van der Waals surface area contributed by atoms with E-state index in [-0.39, 0.29) is 51.0 Å². The summed E-state index contributed by atoms with van der Waals surface area (Å²) in [7, 11) is 3.67. The summed E-state index contributed by atoms with van der Waals surface area (Å²) in [5, 5.41) is 4.89. The molecule has 0 N–H and O–H groups in total. The van der Waals surface area contributed by atoms with E-state index in [1.54, 1.807) is 6.92 Å². The van der Waals surface area contributed by atoms with Gasteiger partial charge in [0.05, 0.1) is 0 Å². The Morgan fingerprint density at radius 2 is 1.14 bits per heavy atom. The summed E-state index contributed by atoms with van der Waals surface area (Å²) in [4.78, 5) is 25.5. The Morgan fingerprint density at radius 3 is 1.51 bits per heavy atom. The maximum absolute atomic E-state index is 13.7. The molecule has 0 spiro atoms. The molecule has 0 atom stereocenters. The summed E-state index contributed by atoms with van der Waals surface area (Å²) < 4.78 is 5.32. The summed E-state index contributed by atoms with van der Waals surface area (Å²) in [5.41, 5.74) is 0.947. The number of esters is 1. The third-order valence-electron chi connectivity index (χ3n) is 7.94. The van der Waals surface area contributed by atoms with Gasteiger partial charge >= 0.3 is 244 Å². The van der Waals surface area contributed by atoms with Crippen LogP contribution in [-0.2, 0) is 9.53 Å². The minimum absolute atomic E-state index is 0. The fraction of sp³-hybridized carbons (Fsp3) is 0.167. The first-order chi connectivity index (χ1) is 19.7. The number of quaternary nitrogens is 1. The first-order valence-corrected chi connectivity index (χ1v) is 16.2. The van der Waals surface area contributed by atoms with Crippen molar-refractivity contribution < 1.29 is 35.8 Å². The van der Waals surface area contributed by atoms with Crippen LogP contribution in [0, 0.1) is 0 Å². The van der Waals surface area contributed by atoms with Gasteiger partial charge in [-0.05, 0) is 0 Å². The maximum Gasteiger partial charge on any atom is -1.00 e. The van der Waals surface area contributed by atoms with Crippen molar-refractivity contribution in [2.75, 3.05) is 33.4 Å². The fourth-order valence-corrected chi connectivity index (χ4v) is 12.2. The Morgan fingerprint density at radius 1 is 0.744 bits per heavy atom. The second-order valence-corrected chi connectivity index (χ2v) is 16.0. The summed E-state index contributed by atoms with van der Waals surface area (Å²) in [6.45, 7) is 6.64. The Balaban J connectivity index is 0.00000323. The minimum Gasteiger partial charge on any atom is -1.00 e. The first kappa shape index (κ1) is 36.0. The van der Waals surface area contributed by atoms with Gasteiger partial charge in [-0.15, -0.1) is 17.0 Å². The van der Waals surface area contributed by atoms with Crippen molar-refractivity contribution in [2.45, 2.75) is 6.92 Å². The Bertz CT molecular complexity index is 1440. The molecule has 0 fully saturated rings. The normalized spacial score (nSPS) is 11.9. The molecule has 0 saturated carbocycles. The molecule has 1 amide bonds. The van der Waals surface area contributed by atoms with Crippen molar-refractivity contribution in [3.63, 3.8) is 0 Å². The molecule has 7 heteroatoms. The minimum atomic E-state index is -3.33. The Kier molecular flexibility index (Phi) is 12.6. The van der Waals surface area contributed by atoms with Crippen molar-refractivity contribution in [2.24, 2.45) is 0 Å². The molecule has 4 nitrogen and oxygen atoms in total. The van der Waals surface area contributed by atoms with E-state index < -0.39 is 12.6 Å². The maximum atomic E-state index is 13.7. The molecule has 4 aromatic rings. The van der Waals surface area contributed by atoms with Crippen LogP contribution in [0.5, 0.6) is 0 Å². The number of halogens is 2. The zero-order chi connectivity index (χ0) is 29.5. The summed E-state index contributed by atoms with van der Waals surface area (Å²) in [5.74, 6) is -0.496. The second kappa shape index (κ2) is 15.0. The Hall–Kier alpha value is -3.15. The standard InChI is InChI=1S/C36H39NO3P.2BrH/c1-6-28-41(31-16-10-7-11-17-31,32-18-12-8-13-19-32,33-20-14-9-15-21-33)34-24-22-30(23-25-34)35(38)37(4,5)26-27-40-36(39)29(2)3;;/h6-25H,1-2,26-28H2,3-5H3;2*1H/q+1;;/p-1. The molecular weight excluding hydrogens is 685 g/mol. The third-order valence-corrected chi connectivity index (χ3v) is 14.7. The van der Waals surface area contributed by atoms with Crippen LogP contribution >= 0.6 is 23.6 Å². The third kappa shape index (κ3) is 6.68. The largest absolute Gasteiger partial charge is 1.00 e. The van der Waals surface area contributed by atoms with E-state index in [4.69, 9.17) is 4.74 Å². The van der Waals surface area contributed by atoms with Crippen molar-refractivity contribution in [1.82, 2.24) is 0 Å². The van der Waals surface area contributed by atoms with Crippen molar-refractivity contribution in [1.29, 1.82) is 0 Å². The second-order valence-electron chi connectivity index (χ2n) is 11.0. The van der Waals surface area contributed by atoms with Crippen LogP contribution in [0.25, 0.3) is 0 Å². The van der Waals surface area contributed by atoms with Gasteiger partial charge in [0.25, 0.3) is 0 Å². The molecule has 0 aliphatic rings. The molecule has 0 aromatic heterocycles. The van der Waals surface area contributed by atoms with Gasteiger partial charge in [0, 0.05) is 0 Å². The molecule has 0 aliphatic carbocycles. The molecule has 0 unspecified atom stereocenters. The number of carbonyl (C=O) groups is 2. The predicted molar refractivity (Wildman–Crippen MR) is 184 cm³/mol. The van der Waals surface area contributed by atoms with Gasteiger partial charge in [-0.1, -0.05) is 0 Å². The SMILES string of the molecule is Br.C=CCP(c1ccccc1)(c1ccccc1)(c1ccccc1)c1ccc(C(=O)[N+](C)(C)CCOC(=O)C(=C)C)cc1.[Br-]. The molecule has 226 valence electrons. The average Bonchev–Trinajstić information content (AvgIpc) is 3.01. The van der Waals surface area contributed by atoms with Crippen LogP contribution in [0.15, 0.2) is 140 Å². The zero-order valence-corrected chi connectivity index (χ0v) is 29.2. The van der Waals surface area contributed by atoms with Gasteiger partial charge in [0.15, 0.2) is 0 Å².